The van der Waals surface area contributed by atoms with Crippen LogP contribution in [0, 0.1) is 9.39 Å². The van der Waals surface area contributed by atoms with Gasteiger partial charge >= 0.3 is 0 Å². The Morgan fingerprint density at radius 3 is 2.80 bits per heavy atom. The van der Waals surface area contributed by atoms with E-state index in [0.29, 0.717) is 16.1 Å². The lowest BCUT2D eigenvalue weighted by atomic mass is 10.1. The van der Waals surface area contributed by atoms with E-state index in [-0.39, 0.29) is 11.4 Å². The van der Waals surface area contributed by atoms with Crippen molar-refractivity contribution in [3.8, 4) is 0 Å². The normalized spacial score (nSPS) is 18.5. The molecule has 2 nitrogen and oxygen atoms in total. The predicted octanol–water partition coefficient (Wildman–Crippen LogP) is 2.99. The number of hydrogen-bond acceptors (Lipinski definition) is 2. The molecule has 15 heavy (non-hydrogen) atoms. The van der Waals surface area contributed by atoms with Crippen molar-refractivity contribution in [2.75, 3.05) is 6.61 Å². The molecular weight excluding hydrogens is 308 g/mol. The highest BCUT2D eigenvalue weighted by molar-refractivity contribution is 14.1. The molecule has 0 fully saturated rings. The third kappa shape index (κ3) is 2.14. The predicted molar refractivity (Wildman–Crippen MR) is 65.7 cm³/mol. The summed E-state index contributed by atoms with van der Waals surface area (Å²) in [5.74, 6) is 0.313. The molecule has 0 aliphatic carbocycles. The summed E-state index contributed by atoms with van der Waals surface area (Å²) < 4.78 is 19.3. The first kappa shape index (κ1) is 10.9. The zero-order chi connectivity index (χ0) is 11.1. The van der Waals surface area contributed by atoms with Crippen molar-refractivity contribution in [3.05, 3.63) is 33.1 Å². The first-order valence-electron chi connectivity index (χ1n) is 4.67. The highest BCUT2D eigenvalue weighted by atomic mass is 127. The molecule has 0 bridgehead atoms. The van der Waals surface area contributed by atoms with Crippen LogP contribution in [0.4, 0.5) is 4.39 Å². The van der Waals surface area contributed by atoms with Crippen LogP contribution >= 0.6 is 22.6 Å². The van der Waals surface area contributed by atoms with Crippen LogP contribution < -0.4 is 0 Å². The fourth-order valence-corrected chi connectivity index (χ4v) is 1.98. The van der Waals surface area contributed by atoms with E-state index in [2.05, 4.69) is 4.99 Å². The Kier molecular flexibility index (Phi) is 2.70. The van der Waals surface area contributed by atoms with Crippen LogP contribution in [-0.2, 0) is 4.74 Å². The van der Waals surface area contributed by atoms with Gasteiger partial charge in [0.25, 0.3) is 0 Å². The number of benzene rings is 1. The molecule has 0 spiro atoms. The molecule has 1 aliphatic heterocycles. The molecule has 80 valence electrons. The van der Waals surface area contributed by atoms with Gasteiger partial charge in [0.15, 0.2) is 0 Å². The van der Waals surface area contributed by atoms with E-state index in [1.807, 2.05) is 42.5 Å². The number of aliphatic imine (C=N–C) groups is 1. The van der Waals surface area contributed by atoms with Gasteiger partial charge in [-0.1, -0.05) is 6.07 Å². The molecule has 2 rings (SSSR count). The lowest BCUT2D eigenvalue weighted by Gasteiger charge is -2.07. The van der Waals surface area contributed by atoms with E-state index in [1.54, 1.807) is 6.07 Å². The first-order chi connectivity index (χ1) is 6.99. The van der Waals surface area contributed by atoms with Gasteiger partial charge in [-0.05, 0) is 48.6 Å². The lowest BCUT2D eigenvalue weighted by Crippen LogP contribution is -2.17. The summed E-state index contributed by atoms with van der Waals surface area (Å²) in [4.78, 5) is 4.42. The van der Waals surface area contributed by atoms with E-state index in [9.17, 15) is 4.39 Å². The van der Waals surface area contributed by atoms with E-state index < -0.39 is 0 Å². The topological polar surface area (TPSA) is 21.6 Å². The summed E-state index contributed by atoms with van der Waals surface area (Å²) in [6.45, 7) is 4.53. The number of hydrogen-bond donors (Lipinski definition) is 0. The molecule has 4 heteroatoms. The Morgan fingerprint density at radius 2 is 2.20 bits per heavy atom. The summed E-state index contributed by atoms with van der Waals surface area (Å²) in [5, 5.41) is 0. The van der Waals surface area contributed by atoms with Crippen molar-refractivity contribution in [2.45, 2.75) is 19.4 Å². The average Bonchev–Trinajstić information content (AvgIpc) is 2.51. The van der Waals surface area contributed by atoms with Gasteiger partial charge in [-0.25, -0.2) is 9.38 Å². The maximum atomic E-state index is 13.3. The molecule has 0 unspecified atom stereocenters. The SMILES string of the molecule is CC1(C)COC(c2cccc(F)c2I)=N1. The molecule has 0 atom stereocenters. The first-order valence-corrected chi connectivity index (χ1v) is 5.74. The Morgan fingerprint density at radius 1 is 1.47 bits per heavy atom. The van der Waals surface area contributed by atoms with Crippen molar-refractivity contribution >= 4 is 28.5 Å². The van der Waals surface area contributed by atoms with Crippen LogP contribution in [0.15, 0.2) is 23.2 Å². The van der Waals surface area contributed by atoms with Crippen LogP contribution in [0.1, 0.15) is 19.4 Å². The molecule has 1 aromatic rings. The number of ether oxygens (including phenoxy) is 1. The van der Waals surface area contributed by atoms with Crippen molar-refractivity contribution in [1.29, 1.82) is 0 Å². The molecule has 0 saturated carbocycles. The Labute approximate surface area is 102 Å². The molecule has 1 heterocycles. The second-order valence-electron chi connectivity index (χ2n) is 4.12. The molecule has 1 aromatic carbocycles. The molecular formula is C11H11FINO. The largest absolute Gasteiger partial charge is 0.475 e. The minimum atomic E-state index is -0.232. The van der Waals surface area contributed by atoms with E-state index in [4.69, 9.17) is 4.74 Å². The minimum Gasteiger partial charge on any atom is -0.475 e. The van der Waals surface area contributed by atoms with Gasteiger partial charge in [-0.3, -0.25) is 0 Å². The highest BCUT2D eigenvalue weighted by Crippen LogP contribution is 2.24. The van der Waals surface area contributed by atoms with Crippen molar-refractivity contribution in [1.82, 2.24) is 0 Å². The van der Waals surface area contributed by atoms with E-state index >= 15 is 0 Å². The molecule has 0 N–H and O–H groups in total. The minimum absolute atomic E-state index is 0.204. The van der Waals surface area contributed by atoms with E-state index in [1.165, 1.54) is 6.07 Å². The lowest BCUT2D eigenvalue weighted by molar-refractivity contribution is 0.279. The number of rotatable bonds is 1. The third-order valence-corrected chi connectivity index (χ3v) is 3.24. The summed E-state index contributed by atoms with van der Waals surface area (Å²) in [5.41, 5.74) is 0.534. The molecule has 0 amide bonds. The van der Waals surface area contributed by atoms with Gasteiger partial charge in [0.1, 0.15) is 12.4 Å². The molecule has 0 saturated heterocycles. The second-order valence-corrected chi connectivity index (χ2v) is 5.20. The number of nitrogens with zero attached hydrogens (tertiary/aromatic N) is 1. The van der Waals surface area contributed by atoms with Crippen LogP contribution in [0.5, 0.6) is 0 Å². The van der Waals surface area contributed by atoms with Gasteiger partial charge in [-0.2, -0.15) is 0 Å². The van der Waals surface area contributed by atoms with Crippen LogP contribution in [0.2, 0.25) is 0 Å². The van der Waals surface area contributed by atoms with Gasteiger partial charge < -0.3 is 4.74 Å². The summed E-state index contributed by atoms with van der Waals surface area (Å²) in [6, 6.07) is 4.93. The van der Waals surface area contributed by atoms with Gasteiger partial charge in [0.05, 0.1) is 14.7 Å². The molecule has 0 radical (unpaired) electrons. The van der Waals surface area contributed by atoms with Gasteiger partial charge in [0, 0.05) is 0 Å². The standard InChI is InChI=1S/C11H11FINO/c1-11(2)6-15-10(14-11)7-4-3-5-8(12)9(7)13/h3-5H,6H2,1-2H3. The van der Waals surface area contributed by atoms with Crippen LogP contribution in [0.25, 0.3) is 0 Å². The van der Waals surface area contributed by atoms with Crippen molar-refractivity contribution in [3.63, 3.8) is 0 Å². The van der Waals surface area contributed by atoms with Gasteiger partial charge in [-0.15, -0.1) is 0 Å². The summed E-state index contributed by atoms with van der Waals surface area (Å²) in [6.07, 6.45) is 0. The third-order valence-electron chi connectivity index (χ3n) is 2.15. The Balaban J connectivity index is 2.44. The Hall–Kier alpha value is -0.650. The fourth-order valence-electron chi connectivity index (χ4n) is 1.39. The average molecular weight is 319 g/mol. The van der Waals surface area contributed by atoms with Gasteiger partial charge in [0.2, 0.25) is 5.90 Å². The zero-order valence-electron chi connectivity index (χ0n) is 8.55. The maximum absolute atomic E-state index is 13.3. The monoisotopic (exact) mass is 319 g/mol. The Bertz CT molecular complexity index is 429. The summed E-state index contributed by atoms with van der Waals surface area (Å²) in [7, 11) is 0. The smallest absolute Gasteiger partial charge is 0.218 e. The van der Waals surface area contributed by atoms with Crippen molar-refractivity contribution in [2.24, 2.45) is 4.99 Å². The molecule has 0 aromatic heterocycles. The second kappa shape index (κ2) is 3.73. The fraction of sp³-hybridized carbons (Fsp3) is 0.364. The molecule has 1 aliphatic rings. The highest BCUT2D eigenvalue weighted by Gasteiger charge is 2.28. The van der Waals surface area contributed by atoms with E-state index in [0.717, 1.165) is 5.56 Å². The van der Waals surface area contributed by atoms with Crippen LogP contribution in [-0.4, -0.2) is 18.0 Å². The maximum Gasteiger partial charge on any atom is 0.218 e. The quantitative estimate of drug-likeness (QED) is 0.729. The summed E-state index contributed by atoms with van der Waals surface area (Å²) >= 11 is 1.97. The van der Waals surface area contributed by atoms with Crippen LogP contribution in [0.3, 0.4) is 0 Å². The zero-order valence-corrected chi connectivity index (χ0v) is 10.7. The number of halogens is 2. The van der Waals surface area contributed by atoms with Crippen molar-refractivity contribution < 1.29 is 9.13 Å².